The molecule has 0 atom stereocenters. The van der Waals surface area contributed by atoms with E-state index in [0.29, 0.717) is 0 Å². The third-order valence-corrected chi connectivity index (χ3v) is 5.97. The fraction of sp³-hybridized carbons (Fsp3) is 0.375. The Kier molecular flexibility index (Phi) is 3.52. The van der Waals surface area contributed by atoms with Gasteiger partial charge in [-0.1, -0.05) is 6.58 Å². The van der Waals surface area contributed by atoms with Crippen molar-refractivity contribution in [3.63, 3.8) is 0 Å². The van der Waals surface area contributed by atoms with E-state index in [1.807, 2.05) is 22.7 Å². The molecular formula is C16H20S2. The van der Waals surface area contributed by atoms with Crippen LogP contribution in [-0.2, 0) is 0 Å². The van der Waals surface area contributed by atoms with Crippen LogP contribution >= 0.6 is 22.7 Å². The van der Waals surface area contributed by atoms with Gasteiger partial charge in [0, 0.05) is 19.5 Å². The van der Waals surface area contributed by atoms with Crippen LogP contribution < -0.4 is 0 Å². The first-order valence-corrected chi connectivity index (χ1v) is 7.80. The maximum atomic E-state index is 4.38. The van der Waals surface area contributed by atoms with Crippen LogP contribution in [0.4, 0.5) is 0 Å². The van der Waals surface area contributed by atoms with Gasteiger partial charge in [0.1, 0.15) is 0 Å². The van der Waals surface area contributed by atoms with Gasteiger partial charge in [-0.2, -0.15) is 0 Å². The molecule has 0 aromatic carbocycles. The zero-order valence-corrected chi connectivity index (χ0v) is 13.7. The molecule has 0 aliphatic carbocycles. The Hall–Kier alpha value is -0.860. The van der Waals surface area contributed by atoms with E-state index in [1.165, 1.54) is 47.3 Å². The molecule has 2 heterocycles. The quantitative estimate of drug-likeness (QED) is 0.658. The zero-order chi connectivity index (χ0) is 13.6. The summed E-state index contributed by atoms with van der Waals surface area (Å²) in [6.07, 6.45) is 0. The highest BCUT2D eigenvalue weighted by atomic mass is 32.1. The molecule has 0 radical (unpaired) electrons. The lowest BCUT2D eigenvalue weighted by Gasteiger charge is -2.09. The second kappa shape index (κ2) is 4.67. The van der Waals surface area contributed by atoms with Gasteiger partial charge in [-0.3, -0.25) is 0 Å². The Morgan fingerprint density at radius 3 is 1.22 bits per heavy atom. The summed E-state index contributed by atoms with van der Waals surface area (Å²) in [5.74, 6) is 0. The van der Waals surface area contributed by atoms with Gasteiger partial charge >= 0.3 is 0 Å². The summed E-state index contributed by atoms with van der Waals surface area (Å²) < 4.78 is 0. The highest BCUT2D eigenvalue weighted by Gasteiger charge is 2.18. The molecule has 2 aromatic heterocycles. The molecule has 0 aliphatic rings. The van der Waals surface area contributed by atoms with Gasteiger partial charge in [-0.15, -0.1) is 22.7 Å². The molecule has 0 bridgehead atoms. The first-order chi connectivity index (χ1) is 8.34. The van der Waals surface area contributed by atoms with Crippen LogP contribution in [0.1, 0.15) is 41.8 Å². The summed E-state index contributed by atoms with van der Waals surface area (Å²) in [4.78, 5) is 5.59. The van der Waals surface area contributed by atoms with Crippen molar-refractivity contribution in [2.24, 2.45) is 0 Å². The van der Waals surface area contributed by atoms with Gasteiger partial charge in [0.05, 0.1) is 0 Å². The SMILES string of the molecule is C=C(c1c(C)sc(C)c1C)c1c(C)sc(C)c1C. The number of hydrogen-bond donors (Lipinski definition) is 0. The Balaban J connectivity index is 2.62. The van der Waals surface area contributed by atoms with Crippen molar-refractivity contribution < 1.29 is 0 Å². The summed E-state index contributed by atoms with van der Waals surface area (Å²) in [6.45, 7) is 17.6. The number of hydrogen-bond acceptors (Lipinski definition) is 2. The minimum Gasteiger partial charge on any atom is -0.145 e. The maximum absolute atomic E-state index is 4.38. The minimum atomic E-state index is 1.20. The predicted octanol–water partition coefficient (Wildman–Crippen LogP) is 5.72. The Labute approximate surface area is 118 Å². The van der Waals surface area contributed by atoms with Gasteiger partial charge < -0.3 is 0 Å². The molecule has 2 heteroatoms. The Morgan fingerprint density at radius 2 is 1.00 bits per heavy atom. The smallest absolute Gasteiger partial charge is 0.00981 e. The average molecular weight is 276 g/mol. The van der Waals surface area contributed by atoms with Crippen molar-refractivity contribution in [3.05, 3.63) is 48.3 Å². The van der Waals surface area contributed by atoms with Gasteiger partial charge in [-0.25, -0.2) is 0 Å². The molecule has 2 rings (SSSR count). The summed E-state index contributed by atoms with van der Waals surface area (Å²) in [5.41, 5.74) is 6.71. The van der Waals surface area contributed by atoms with Crippen LogP contribution in [0, 0.1) is 41.5 Å². The molecule has 0 nitrogen and oxygen atoms in total. The second-order valence-corrected chi connectivity index (χ2v) is 7.77. The van der Waals surface area contributed by atoms with Crippen LogP contribution in [0.5, 0.6) is 0 Å². The van der Waals surface area contributed by atoms with Gasteiger partial charge in [0.15, 0.2) is 0 Å². The molecule has 0 saturated heterocycles. The molecule has 0 saturated carbocycles. The topological polar surface area (TPSA) is 0 Å². The molecule has 0 N–H and O–H groups in total. The van der Waals surface area contributed by atoms with E-state index in [2.05, 4.69) is 48.1 Å². The number of thiophene rings is 2. The summed E-state index contributed by atoms with van der Waals surface area (Å²) in [5, 5.41) is 0. The van der Waals surface area contributed by atoms with Crippen LogP contribution in [0.2, 0.25) is 0 Å². The fourth-order valence-electron chi connectivity index (χ4n) is 2.60. The normalized spacial score (nSPS) is 11.0. The molecule has 96 valence electrons. The molecule has 0 aliphatic heterocycles. The van der Waals surface area contributed by atoms with E-state index in [-0.39, 0.29) is 0 Å². The lowest BCUT2D eigenvalue weighted by atomic mass is 9.94. The average Bonchev–Trinajstić information content (AvgIpc) is 2.66. The van der Waals surface area contributed by atoms with E-state index in [4.69, 9.17) is 0 Å². The third-order valence-electron chi connectivity index (χ3n) is 3.73. The van der Waals surface area contributed by atoms with Crippen molar-refractivity contribution in [2.75, 3.05) is 0 Å². The maximum Gasteiger partial charge on any atom is 0.00981 e. The molecule has 0 spiro atoms. The van der Waals surface area contributed by atoms with Crippen LogP contribution in [0.15, 0.2) is 6.58 Å². The molecule has 0 fully saturated rings. The van der Waals surface area contributed by atoms with Gasteiger partial charge in [0.25, 0.3) is 0 Å². The number of aryl methyl sites for hydroxylation is 4. The molecule has 2 aromatic rings. The highest BCUT2D eigenvalue weighted by Crippen LogP contribution is 2.39. The van der Waals surface area contributed by atoms with Crippen molar-refractivity contribution in [2.45, 2.75) is 41.5 Å². The minimum absolute atomic E-state index is 1.20. The predicted molar refractivity (Wildman–Crippen MR) is 85.2 cm³/mol. The van der Waals surface area contributed by atoms with Crippen LogP contribution in [0.3, 0.4) is 0 Å². The second-order valence-electron chi connectivity index (χ2n) is 4.91. The lowest BCUT2D eigenvalue weighted by Crippen LogP contribution is -1.92. The van der Waals surface area contributed by atoms with E-state index in [0.717, 1.165) is 0 Å². The van der Waals surface area contributed by atoms with Crippen molar-refractivity contribution in [1.29, 1.82) is 0 Å². The van der Waals surface area contributed by atoms with E-state index in [9.17, 15) is 0 Å². The standard InChI is InChI=1S/C16H20S2/c1-8-11(4)17-13(6)15(8)10(3)16-9(2)12(5)18-14(16)7/h3H2,1-2,4-7H3. The van der Waals surface area contributed by atoms with Crippen molar-refractivity contribution in [3.8, 4) is 0 Å². The molecule has 18 heavy (non-hydrogen) atoms. The first kappa shape index (κ1) is 13.6. The van der Waals surface area contributed by atoms with E-state index in [1.54, 1.807) is 0 Å². The summed E-state index contributed by atoms with van der Waals surface area (Å²) in [6, 6.07) is 0. The van der Waals surface area contributed by atoms with Gasteiger partial charge in [-0.05, 0) is 69.4 Å². The number of rotatable bonds is 2. The van der Waals surface area contributed by atoms with E-state index >= 15 is 0 Å². The molecule has 0 amide bonds. The zero-order valence-electron chi connectivity index (χ0n) is 12.0. The molecule has 0 unspecified atom stereocenters. The monoisotopic (exact) mass is 276 g/mol. The largest absolute Gasteiger partial charge is 0.145 e. The Bertz CT molecular complexity index is 570. The summed E-state index contributed by atoms with van der Waals surface area (Å²) in [7, 11) is 0. The van der Waals surface area contributed by atoms with Gasteiger partial charge in [0.2, 0.25) is 0 Å². The highest BCUT2D eigenvalue weighted by molar-refractivity contribution is 7.12. The Morgan fingerprint density at radius 1 is 0.667 bits per heavy atom. The van der Waals surface area contributed by atoms with Crippen molar-refractivity contribution >= 4 is 28.2 Å². The third kappa shape index (κ3) is 1.98. The fourth-order valence-corrected chi connectivity index (χ4v) is 4.78. The molecular weight excluding hydrogens is 256 g/mol. The van der Waals surface area contributed by atoms with E-state index < -0.39 is 0 Å². The summed E-state index contributed by atoms with van der Waals surface area (Å²) >= 11 is 3.76. The van der Waals surface area contributed by atoms with Crippen LogP contribution in [-0.4, -0.2) is 0 Å². The van der Waals surface area contributed by atoms with Crippen molar-refractivity contribution in [1.82, 2.24) is 0 Å². The first-order valence-electron chi connectivity index (χ1n) is 6.17. The lowest BCUT2D eigenvalue weighted by molar-refractivity contribution is 1.35. The van der Waals surface area contributed by atoms with Crippen LogP contribution in [0.25, 0.3) is 5.57 Å².